The molecule has 140 valence electrons. The number of aryl methyl sites for hydroxylation is 2. The average molecular weight is 369 g/mol. The summed E-state index contributed by atoms with van der Waals surface area (Å²) in [6.07, 6.45) is 0. The molecule has 0 aliphatic heterocycles. The van der Waals surface area contributed by atoms with Crippen molar-refractivity contribution in [3.8, 4) is 11.5 Å². The van der Waals surface area contributed by atoms with Crippen LogP contribution in [0.25, 0.3) is 11.0 Å². The van der Waals surface area contributed by atoms with Gasteiger partial charge in [0, 0.05) is 34.2 Å². The van der Waals surface area contributed by atoms with Crippen LogP contribution < -0.4 is 15.1 Å². The molecule has 7 heteroatoms. The minimum Gasteiger partial charge on any atom is -0.496 e. The fourth-order valence-electron chi connectivity index (χ4n) is 2.93. The van der Waals surface area contributed by atoms with Crippen molar-refractivity contribution < 1.29 is 18.8 Å². The van der Waals surface area contributed by atoms with Gasteiger partial charge in [-0.05, 0) is 44.5 Å². The zero-order valence-corrected chi connectivity index (χ0v) is 15.5. The van der Waals surface area contributed by atoms with Gasteiger partial charge in [-0.1, -0.05) is 0 Å². The molecule has 0 spiro atoms. The molecule has 27 heavy (non-hydrogen) atoms. The van der Waals surface area contributed by atoms with Crippen LogP contribution >= 0.6 is 0 Å². The molecule has 2 aromatic carbocycles. The van der Waals surface area contributed by atoms with E-state index in [1.54, 1.807) is 19.9 Å². The van der Waals surface area contributed by atoms with Crippen molar-refractivity contribution >= 4 is 16.7 Å². The fourth-order valence-corrected chi connectivity index (χ4v) is 2.93. The van der Waals surface area contributed by atoms with Crippen LogP contribution in [0.2, 0.25) is 0 Å². The van der Waals surface area contributed by atoms with Gasteiger partial charge >= 0.3 is 5.63 Å². The number of nitrogens with zero attached hydrogens (tertiary/aromatic N) is 1. The van der Waals surface area contributed by atoms with Crippen LogP contribution in [0.15, 0.2) is 39.5 Å². The number of ether oxygens (including phenoxy) is 2. The van der Waals surface area contributed by atoms with E-state index in [1.165, 1.54) is 25.3 Å². The predicted molar refractivity (Wildman–Crippen MR) is 101 cm³/mol. The molecule has 0 radical (unpaired) electrons. The zero-order valence-electron chi connectivity index (χ0n) is 15.5. The van der Waals surface area contributed by atoms with E-state index in [2.05, 4.69) is 0 Å². The SMILES string of the molecule is COc1ccc([N+](=O)[O-])cc1COc1ccc2c(C)c(C)c(=O)oc2c1C. The normalized spacial score (nSPS) is 10.8. The van der Waals surface area contributed by atoms with Crippen LogP contribution in [0.1, 0.15) is 22.3 Å². The minimum atomic E-state index is -0.468. The van der Waals surface area contributed by atoms with Crippen LogP contribution in [0.5, 0.6) is 11.5 Å². The molecule has 0 N–H and O–H groups in total. The molecule has 0 aliphatic rings. The van der Waals surface area contributed by atoms with Crippen molar-refractivity contribution in [3.05, 3.63) is 73.1 Å². The van der Waals surface area contributed by atoms with Crippen LogP contribution in [-0.2, 0) is 6.61 Å². The highest BCUT2D eigenvalue weighted by Crippen LogP contribution is 2.31. The third kappa shape index (κ3) is 3.36. The Balaban J connectivity index is 1.98. The molecule has 0 unspecified atom stereocenters. The summed E-state index contributed by atoms with van der Waals surface area (Å²) in [6, 6.07) is 7.98. The van der Waals surface area contributed by atoms with Crippen molar-refractivity contribution in [3.63, 3.8) is 0 Å². The Morgan fingerprint density at radius 1 is 1.04 bits per heavy atom. The van der Waals surface area contributed by atoms with Gasteiger partial charge in [0.2, 0.25) is 0 Å². The molecule has 1 heterocycles. The highest BCUT2D eigenvalue weighted by molar-refractivity contribution is 5.85. The van der Waals surface area contributed by atoms with E-state index >= 15 is 0 Å². The second-order valence-corrected chi connectivity index (χ2v) is 6.25. The summed E-state index contributed by atoms with van der Waals surface area (Å²) in [5.41, 5.74) is 2.76. The van der Waals surface area contributed by atoms with Crippen molar-refractivity contribution in [1.29, 1.82) is 0 Å². The van der Waals surface area contributed by atoms with E-state index in [-0.39, 0.29) is 17.9 Å². The second-order valence-electron chi connectivity index (χ2n) is 6.25. The highest BCUT2D eigenvalue weighted by atomic mass is 16.6. The van der Waals surface area contributed by atoms with Gasteiger partial charge in [0.15, 0.2) is 0 Å². The summed E-state index contributed by atoms with van der Waals surface area (Å²) >= 11 is 0. The molecule has 0 fully saturated rings. The Hall–Kier alpha value is -3.35. The summed E-state index contributed by atoms with van der Waals surface area (Å²) < 4.78 is 16.5. The lowest BCUT2D eigenvalue weighted by atomic mass is 10.0. The first kappa shape index (κ1) is 18.4. The van der Waals surface area contributed by atoms with E-state index in [0.29, 0.717) is 33.8 Å². The van der Waals surface area contributed by atoms with Gasteiger partial charge in [-0.3, -0.25) is 10.1 Å². The molecule has 0 bridgehead atoms. The number of nitro benzene ring substituents is 1. The summed E-state index contributed by atoms with van der Waals surface area (Å²) in [7, 11) is 1.49. The maximum absolute atomic E-state index is 12.0. The first-order valence-corrected chi connectivity index (χ1v) is 8.31. The Bertz CT molecular complexity index is 1100. The van der Waals surface area contributed by atoms with Gasteiger partial charge in [0.25, 0.3) is 5.69 Å². The smallest absolute Gasteiger partial charge is 0.339 e. The van der Waals surface area contributed by atoms with E-state index in [9.17, 15) is 14.9 Å². The van der Waals surface area contributed by atoms with E-state index in [1.807, 2.05) is 13.0 Å². The number of hydrogen-bond acceptors (Lipinski definition) is 6. The molecule has 1 aromatic heterocycles. The van der Waals surface area contributed by atoms with Gasteiger partial charge in [0.1, 0.15) is 23.7 Å². The molecule has 0 aliphatic carbocycles. The molecule has 0 atom stereocenters. The van der Waals surface area contributed by atoms with Gasteiger partial charge in [-0.15, -0.1) is 0 Å². The third-order valence-corrected chi connectivity index (χ3v) is 4.68. The maximum Gasteiger partial charge on any atom is 0.339 e. The van der Waals surface area contributed by atoms with Crippen molar-refractivity contribution in [1.82, 2.24) is 0 Å². The Kier molecular flexibility index (Phi) is 4.85. The molecule has 3 rings (SSSR count). The lowest BCUT2D eigenvalue weighted by Gasteiger charge is -2.14. The molecule has 7 nitrogen and oxygen atoms in total. The zero-order chi connectivity index (χ0) is 19.7. The number of benzene rings is 2. The Labute approximate surface area is 155 Å². The van der Waals surface area contributed by atoms with E-state index in [4.69, 9.17) is 13.9 Å². The van der Waals surface area contributed by atoms with Crippen LogP contribution in [0.3, 0.4) is 0 Å². The van der Waals surface area contributed by atoms with Crippen molar-refractivity contribution in [2.75, 3.05) is 7.11 Å². The predicted octanol–water partition coefficient (Wildman–Crippen LogP) is 4.21. The van der Waals surface area contributed by atoms with E-state index in [0.717, 1.165) is 10.9 Å². The summed E-state index contributed by atoms with van der Waals surface area (Å²) in [5, 5.41) is 11.9. The number of nitro groups is 1. The molecular weight excluding hydrogens is 350 g/mol. The summed E-state index contributed by atoms with van der Waals surface area (Å²) in [5.74, 6) is 1.03. The standard InChI is InChI=1S/C20H19NO6/c1-11-12(2)20(22)27-19-13(3)17(8-6-16(11)19)26-10-14-9-15(21(23)24)5-7-18(14)25-4/h5-9H,10H2,1-4H3. The number of fused-ring (bicyclic) bond motifs is 1. The third-order valence-electron chi connectivity index (χ3n) is 4.68. The van der Waals surface area contributed by atoms with E-state index < -0.39 is 4.92 Å². The summed E-state index contributed by atoms with van der Waals surface area (Å²) in [6.45, 7) is 5.49. The Morgan fingerprint density at radius 2 is 1.74 bits per heavy atom. The monoisotopic (exact) mass is 369 g/mol. The topological polar surface area (TPSA) is 91.8 Å². The van der Waals surface area contributed by atoms with Gasteiger partial charge in [-0.25, -0.2) is 4.79 Å². The summed E-state index contributed by atoms with van der Waals surface area (Å²) in [4.78, 5) is 22.5. The first-order chi connectivity index (χ1) is 12.8. The van der Waals surface area contributed by atoms with Crippen LogP contribution in [0, 0.1) is 30.9 Å². The number of rotatable bonds is 5. The van der Waals surface area contributed by atoms with Crippen LogP contribution in [-0.4, -0.2) is 12.0 Å². The maximum atomic E-state index is 12.0. The quantitative estimate of drug-likeness (QED) is 0.380. The van der Waals surface area contributed by atoms with Crippen LogP contribution in [0.4, 0.5) is 5.69 Å². The molecule has 0 saturated carbocycles. The largest absolute Gasteiger partial charge is 0.496 e. The minimum absolute atomic E-state index is 0.0401. The van der Waals surface area contributed by atoms with Gasteiger partial charge < -0.3 is 13.9 Å². The Morgan fingerprint density at radius 3 is 2.41 bits per heavy atom. The molecule has 0 saturated heterocycles. The second kappa shape index (κ2) is 7.11. The fraction of sp³-hybridized carbons (Fsp3) is 0.250. The lowest BCUT2D eigenvalue weighted by Crippen LogP contribution is -2.07. The van der Waals surface area contributed by atoms with Crippen molar-refractivity contribution in [2.45, 2.75) is 27.4 Å². The molecule has 3 aromatic rings. The lowest BCUT2D eigenvalue weighted by molar-refractivity contribution is -0.385. The number of hydrogen-bond donors (Lipinski definition) is 0. The number of non-ortho nitro benzene ring substituents is 1. The number of methoxy groups -OCH3 is 1. The average Bonchev–Trinajstić information content (AvgIpc) is 2.66. The molecular formula is C20H19NO6. The van der Waals surface area contributed by atoms with Crippen molar-refractivity contribution in [2.24, 2.45) is 0 Å². The first-order valence-electron chi connectivity index (χ1n) is 8.31. The van der Waals surface area contributed by atoms with Gasteiger partial charge in [-0.2, -0.15) is 0 Å². The van der Waals surface area contributed by atoms with Gasteiger partial charge in [0.05, 0.1) is 12.0 Å². The molecule has 0 amide bonds. The highest BCUT2D eigenvalue weighted by Gasteiger charge is 2.15.